The first-order valence-corrected chi connectivity index (χ1v) is 10.8. The molecule has 2 aromatic carbocycles. The SMILES string of the molecule is Cc1ccc(N2C(N)=C(C#N)[C@@]3(C(=O)Nc4ccc(F)cc43)C3=C2CC(C)(C)CC3=O)cc1. The second-order valence-electron chi connectivity index (χ2n) is 9.70. The summed E-state index contributed by atoms with van der Waals surface area (Å²) >= 11 is 0. The molecule has 2 heterocycles. The van der Waals surface area contributed by atoms with Crippen molar-refractivity contribution in [2.45, 2.75) is 39.0 Å². The van der Waals surface area contributed by atoms with Crippen LogP contribution in [0.4, 0.5) is 15.8 Å². The average molecular weight is 442 g/mol. The lowest BCUT2D eigenvalue weighted by Gasteiger charge is -2.46. The van der Waals surface area contributed by atoms with E-state index in [-0.39, 0.29) is 40.1 Å². The number of benzene rings is 2. The molecule has 7 heteroatoms. The van der Waals surface area contributed by atoms with Gasteiger partial charge in [0.1, 0.15) is 23.1 Å². The number of nitriles is 1. The summed E-state index contributed by atoms with van der Waals surface area (Å²) in [6.07, 6.45) is 0.660. The van der Waals surface area contributed by atoms with Crippen molar-refractivity contribution in [3.05, 3.63) is 82.1 Å². The highest BCUT2D eigenvalue weighted by Gasteiger charge is 2.61. The molecule has 1 atom stereocenters. The van der Waals surface area contributed by atoms with Crippen LogP contribution in [0.15, 0.2) is 65.1 Å². The van der Waals surface area contributed by atoms with Crippen LogP contribution in [0, 0.1) is 29.5 Å². The molecule has 3 aliphatic rings. The maximum atomic E-state index is 14.4. The molecule has 2 aromatic rings. The Kier molecular flexibility index (Phi) is 4.31. The summed E-state index contributed by atoms with van der Waals surface area (Å²) in [7, 11) is 0. The van der Waals surface area contributed by atoms with Crippen LogP contribution in [0.25, 0.3) is 0 Å². The van der Waals surface area contributed by atoms with E-state index >= 15 is 0 Å². The summed E-state index contributed by atoms with van der Waals surface area (Å²) in [5.74, 6) is -1.30. The molecular weight excluding hydrogens is 419 g/mol. The first kappa shape index (κ1) is 21.0. The van der Waals surface area contributed by atoms with E-state index in [0.717, 1.165) is 5.56 Å². The minimum absolute atomic E-state index is 0.0675. The van der Waals surface area contributed by atoms with Crippen molar-refractivity contribution >= 4 is 23.1 Å². The van der Waals surface area contributed by atoms with Gasteiger partial charge in [0.15, 0.2) is 5.78 Å². The summed E-state index contributed by atoms with van der Waals surface area (Å²) in [6.45, 7) is 5.93. The van der Waals surface area contributed by atoms with Crippen molar-refractivity contribution in [3.63, 3.8) is 0 Å². The molecule has 0 radical (unpaired) electrons. The predicted molar refractivity (Wildman–Crippen MR) is 122 cm³/mol. The van der Waals surface area contributed by atoms with Crippen LogP contribution in [-0.2, 0) is 15.0 Å². The largest absolute Gasteiger partial charge is 0.384 e. The Morgan fingerprint density at radius 2 is 1.82 bits per heavy atom. The zero-order valence-corrected chi connectivity index (χ0v) is 18.6. The molecular formula is C26H23FN4O2. The Labute approximate surface area is 191 Å². The monoisotopic (exact) mass is 442 g/mol. The highest BCUT2D eigenvalue weighted by Crippen LogP contribution is 2.57. The van der Waals surface area contributed by atoms with E-state index in [1.54, 1.807) is 4.90 Å². The molecule has 0 unspecified atom stereocenters. The number of hydrogen-bond donors (Lipinski definition) is 2. The van der Waals surface area contributed by atoms with Gasteiger partial charge >= 0.3 is 0 Å². The highest BCUT2D eigenvalue weighted by atomic mass is 19.1. The molecule has 0 saturated heterocycles. The number of carbonyl (C=O) groups is 2. The number of allylic oxidation sites excluding steroid dienone is 1. The van der Waals surface area contributed by atoms with E-state index in [1.807, 2.05) is 45.0 Å². The zero-order chi connectivity index (χ0) is 23.7. The summed E-state index contributed by atoms with van der Waals surface area (Å²) < 4.78 is 14.4. The number of anilines is 2. The normalized spacial score (nSPS) is 23.4. The van der Waals surface area contributed by atoms with E-state index in [9.17, 15) is 19.2 Å². The molecule has 6 nitrogen and oxygen atoms in total. The van der Waals surface area contributed by atoms with Gasteiger partial charge in [-0.1, -0.05) is 31.5 Å². The van der Waals surface area contributed by atoms with Crippen molar-refractivity contribution in [3.8, 4) is 6.07 Å². The maximum Gasteiger partial charge on any atom is 0.245 e. The van der Waals surface area contributed by atoms with Gasteiger partial charge in [-0.05, 0) is 49.1 Å². The van der Waals surface area contributed by atoms with Gasteiger partial charge in [-0.15, -0.1) is 0 Å². The molecule has 0 bridgehead atoms. The Balaban J connectivity index is 1.90. The van der Waals surface area contributed by atoms with E-state index in [4.69, 9.17) is 5.73 Å². The fraction of sp³-hybridized carbons (Fsp3) is 0.269. The van der Waals surface area contributed by atoms with E-state index in [2.05, 4.69) is 11.4 Å². The van der Waals surface area contributed by atoms with Gasteiger partial charge in [-0.3, -0.25) is 14.5 Å². The van der Waals surface area contributed by atoms with Gasteiger partial charge in [0, 0.05) is 34.6 Å². The number of rotatable bonds is 1. The smallest absolute Gasteiger partial charge is 0.245 e. The fourth-order valence-corrected chi connectivity index (χ4v) is 5.38. The van der Waals surface area contributed by atoms with E-state index in [0.29, 0.717) is 23.5 Å². The number of halogens is 1. The summed E-state index contributed by atoms with van der Waals surface area (Å²) in [4.78, 5) is 29.0. The topological polar surface area (TPSA) is 99.2 Å². The lowest BCUT2D eigenvalue weighted by atomic mass is 9.60. The standard InChI is InChI=1S/C26H23FN4O2/c1-14-4-7-16(8-5-14)31-20-11-25(2,3)12-21(32)22(20)26(18(13-28)23(31)29)17-10-15(27)6-9-19(17)30-24(26)33/h4-10H,11-12,29H2,1-3H3,(H,30,33)/t26-/m1/s1. The number of carbonyl (C=O) groups excluding carboxylic acids is 2. The fourth-order valence-electron chi connectivity index (χ4n) is 5.38. The van der Waals surface area contributed by atoms with Crippen LogP contribution in [0.5, 0.6) is 0 Å². The van der Waals surface area contributed by atoms with Crippen molar-refractivity contribution in [1.82, 2.24) is 0 Å². The highest BCUT2D eigenvalue weighted by molar-refractivity contribution is 6.20. The second-order valence-corrected chi connectivity index (χ2v) is 9.70. The lowest BCUT2D eigenvalue weighted by Crippen LogP contribution is -2.52. The van der Waals surface area contributed by atoms with Crippen LogP contribution in [0.1, 0.15) is 37.8 Å². The Morgan fingerprint density at radius 1 is 1.12 bits per heavy atom. The van der Waals surface area contributed by atoms with Crippen molar-refractivity contribution in [1.29, 1.82) is 5.26 Å². The third kappa shape index (κ3) is 2.77. The number of aryl methyl sites for hydroxylation is 1. The minimum atomic E-state index is -1.78. The number of nitrogens with two attached hydrogens (primary N) is 1. The molecule has 0 saturated carbocycles. The average Bonchev–Trinajstić information content (AvgIpc) is 3.00. The van der Waals surface area contributed by atoms with E-state index < -0.39 is 17.1 Å². The van der Waals surface area contributed by atoms with Crippen molar-refractivity contribution < 1.29 is 14.0 Å². The van der Waals surface area contributed by atoms with Gasteiger partial charge in [-0.25, -0.2) is 4.39 Å². The zero-order valence-electron chi connectivity index (χ0n) is 18.6. The van der Waals surface area contributed by atoms with Crippen LogP contribution in [-0.4, -0.2) is 11.7 Å². The van der Waals surface area contributed by atoms with Crippen LogP contribution >= 0.6 is 0 Å². The van der Waals surface area contributed by atoms with Gasteiger partial charge in [0.25, 0.3) is 0 Å². The van der Waals surface area contributed by atoms with Gasteiger partial charge < -0.3 is 11.1 Å². The third-order valence-electron chi connectivity index (χ3n) is 6.75. The third-order valence-corrected chi connectivity index (χ3v) is 6.75. The molecule has 5 rings (SSSR count). The van der Waals surface area contributed by atoms with Crippen LogP contribution in [0.3, 0.4) is 0 Å². The maximum absolute atomic E-state index is 14.4. The number of Topliss-reactive ketones (excluding diaryl/α,β-unsaturated/α-hetero) is 1. The number of amides is 1. The minimum Gasteiger partial charge on any atom is -0.384 e. The molecule has 0 fully saturated rings. The predicted octanol–water partition coefficient (Wildman–Crippen LogP) is 4.18. The Hall–Kier alpha value is -3.92. The van der Waals surface area contributed by atoms with Crippen molar-refractivity contribution in [2.24, 2.45) is 11.1 Å². The van der Waals surface area contributed by atoms with Gasteiger partial charge in [-0.2, -0.15) is 5.26 Å². The second kappa shape index (κ2) is 6.79. The number of hydrogen-bond acceptors (Lipinski definition) is 5. The lowest BCUT2D eigenvalue weighted by molar-refractivity contribution is -0.123. The molecule has 2 aliphatic heterocycles. The summed E-state index contributed by atoms with van der Waals surface area (Å²) in [5, 5.41) is 13.0. The molecule has 1 spiro atoms. The summed E-state index contributed by atoms with van der Waals surface area (Å²) in [6, 6.07) is 13.6. The van der Waals surface area contributed by atoms with Gasteiger partial charge in [0.05, 0.1) is 5.57 Å². The molecule has 1 aliphatic carbocycles. The Bertz CT molecular complexity index is 1350. The molecule has 0 aromatic heterocycles. The van der Waals surface area contributed by atoms with Crippen LogP contribution in [0.2, 0.25) is 0 Å². The first-order chi connectivity index (χ1) is 15.6. The number of ketones is 1. The van der Waals surface area contributed by atoms with Gasteiger partial charge in [0.2, 0.25) is 5.91 Å². The number of nitrogens with zero attached hydrogens (tertiary/aromatic N) is 2. The molecule has 1 amide bonds. The van der Waals surface area contributed by atoms with E-state index in [1.165, 1.54) is 18.2 Å². The molecule has 166 valence electrons. The quantitative estimate of drug-likeness (QED) is 0.690. The molecule has 3 N–H and O–H groups in total. The summed E-state index contributed by atoms with van der Waals surface area (Å²) in [5.41, 5.74) is 7.52. The number of fused-ring (bicyclic) bond motifs is 3. The van der Waals surface area contributed by atoms with Crippen molar-refractivity contribution in [2.75, 3.05) is 10.2 Å². The Morgan fingerprint density at radius 3 is 2.48 bits per heavy atom. The first-order valence-electron chi connectivity index (χ1n) is 10.8. The molecule has 33 heavy (non-hydrogen) atoms. The van der Waals surface area contributed by atoms with Crippen LogP contribution < -0.4 is 16.0 Å². The number of nitrogens with one attached hydrogen (secondary N) is 1.